The Morgan fingerprint density at radius 3 is 2.43 bits per heavy atom. The first-order valence-electron chi connectivity index (χ1n) is 9.52. The van der Waals surface area contributed by atoms with Crippen LogP contribution in [0.4, 0.5) is 0 Å². The van der Waals surface area contributed by atoms with Crippen LogP contribution in [0.2, 0.25) is 0 Å². The van der Waals surface area contributed by atoms with Gasteiger partial charge in [0.15, 0.2) is 5.70 Å². The number of cyclic esters (lactones) is 1. The minimum absolute atomic E-state index is 0.150. The zero-order chi connectivity index (χ0) is 20.9. The predicted octanol–water partition coefficient (Wildman–Crippen LogP) is 4.49. The standard InChI is InChI=1S/C25H19NO4/c1-17-11-13-19(14-12-17)24-26-21(25(28)30-24)16-20-9-5-6-10-22(20)29-23(27)15-18-7-3-2-4-8-18/h2-14,16H,15H2,1H3/b21-16+. The first-order valence-corrected chi connectivity index (χ1v) is 9.52. The number of hydrogen-bond acceptors (Lipinski definition) is 5. The van der Waals surface area contributed by atoms with Crippen LogP contribution >= 0.6 is 0 Å². The van der Waals surface area contributed by atoms with E-state index in [9.17, 15) is 9.59 Å². The number of para-hydroxylation sites is 1. The molecule has 0 N–H and O–H groups in total. The van der Waals surface area contributed by atoms with Gasteiger partial charge in [-0.15, -0.1) is 0 Å². The molecule has 30 heavy (non-hydrogen) atoms. The fourth-order valence-electron chi connectivity index (χ4n) is 2.99. The van der Waals surface area contributed by atoms with Crippen LogP contribution in [0.3, 0.4) is 0 Å². The molecule has 1 aliphatic rings. The predicted molar refractivity (Wildman–Crippen MR) is 114 cm³/mol. The lowest BCUT2D eigenvalue weighted by atomic mass is 10.1. The molecule has 0 saturated carbocycles. The second-order valence-corrected chi connectivity index (χ2v) is 6.88. The van der Waals surface area contributed by atoms with Crippen LogP contribution in [0.25, 0.3) is 6.08 Å². The highest BCUT2D eigenvalue weighted by atomic mass is 16.6. The van der Waals surface area contributed by atoms with Gasteiger partial charge in [0.2, 0.25) is 5.90 Å². The minimum Gasteiger partial charge on any atom is -0.426 e. The van der Waals surface area contributed by atoms with Gasteiger partial charge in [0.25, 0.3) is 0 Å². The Balaban J connectivity index is 1.56. The number of nitrogens with zero attached hydrogens (tertiary/aromatic N) is 1. The Morgan fingerprint density at radius 1 is 0.967 bits per heavy atom. The van der Waals surface area contributed by atoms with Gasteiger partial charge in [0.05, 0.1) is 6.42 Å². The highest BCUT2D eigenvalue weighted by Gasteiger charge is 2.24. The van der Waals surface area contributed by atoms with Gasteiger partial charge in [-0.2, -0.15) is 0 Å². The number of carbonyl (C=O) groups excluding carboxylic acids is 2. The second-order valence-electron chi connectivity index (χ2n) is 6.88. The van der Waals surface area contributed by atoms with E-state index in [1.165, 1.54) is 0 Å². The van der Waals surface area contributed by atoms with Crippen LogP contribution in [-0.4, -0.2) is 17.8 Å². The summed E-state index contributed by atoms with van der Waals surface area (Å²) in [6.45, 7) is 1.98. The molecule has 0 unspecified atom stereocenters. The summed E-state index contributed by atoms with van der Waals surface area (Å²) in [6.07, 6.45) is 1.72. The fraction of sp³-hybridized carbons (Fsp3) is 0.0800. The average Bonchev–Trinajstić information content (AvgIpc) is 3.11. The van der Waals surface area contributed by atoms with Crippen molar-refractivity contribution in [1.82, 2.24) is 0 Å². The van der Waals surface area contributed by atoms with Crippen molar-refractivity contribution >= 4 is 23.9 Å². The number of benzene rings is 3. The van der Waals surface area contributed by atoms with Crippen LogP contribution in [0.5, 0.6) is 5.75 Å². The van der Waals surface area contributed by atoms with Gasteiger partial charge in [-0.25, -0.2) is 9.79 Å². The Bertz CT molecular complexity index is 1150. The molecule has 0 spiro atoms. The molecule has 5 nitrogen and oxygen atoms in total. The lowest BCUT2D eigenvalue weighted by Crippen LogP contribution is -2.12. The maximum Gasteiger partial charge on any atom is 0.363 e. The Morgan fingerprint density at radius 2 is 1.67 bits per heavy atom. The smallest absolute Gasteiger partial charge is 0.363 e. The van der Waals surface area contributed by atoms with Gasteiger partial charge in [-0.1, -0.05) is 66.2 Å². The highest BCUT2D eigenvalue weighted by Crippen LogP contribution is 2.25. The number of hydrogen-bond donors (Lipinski definition) is 0. The van der Waals surface area contributed by atoms with Crippen LogP contribution in [0.1, 0.15) is 22.3 Å². The van der Waals surface area contributed by atoms with Crippen LogP contribution in [0, 0.1) is 6.92 Å². The van der Waals surface area contributed by atoms with Crippen molar-refractivity contribution in [2.75, 3.05) is 0 Å². The molecule has 0 fully saturated rings. The van der Waals surface area contributed by atoms with E-state index in [-0.39, 0.29) is 24.0 Å². The molecular weight excluding hydrogens is 378 g/mol. The number of aliphatic imine (C=N–C) groups is 1. The van der Waals surface area contributed by atoms with Gasteiger partial charge in [0, 0.05) is 11.1 Å². The number of rotatable bonds is 5. The average molecular weight is 397 g/mol. The van der Waals surface area contributed by atoms with Gasteiger partial charge >= 0.3 is 11.9 Å². The van der Waals surface area contributed by atoms with Crippen molar-refractivity contribution in [2.45, 2.75) is 13.3 Å². The van der Waals surface area contributed by atoms with Crippen LogP contribution < -0.4 is 4.74 Å². The molecule has 0 amide bonds. The molecule has 0 bridgehead atoms. The summed E-state index contributed by atoms with van der Waals surface area (Å²) in [6, 6.07) is 23.9. The molecule has 0 aliphatic carbocycles. The van der Waals surface area contributed by atoms with Crippen LogP contribution in [0.15, 0.2) is 89.6 Å². The zero-order valence-corrected chi connectivity index (χ0v) is 16.4. The SMILES string of the molecule is Cc1ccc(C2=N/C(=C/c3ccccc3OC(=O)Cc3ccccc3)C(=O)O2)cc1. The summed E-state index contributed by atoms with van der Waals surface area (Å²) < 4.78 is 10.8. The van der Waals surface area contributed by atoms with E-state index in [2.05, 4.69) is 4.99 Å². The van der Waals surface area contributed by atoms with Crippen molar-refractivity contribution in [3.63, 3.8) is 0 Å². The molecule has 4 rings (SSSR count). The van der Waals surface area contributed by atoms with Crippen molar-refractivity contribution in [3.05, 3.63) is 107 Å². The third-order valence-electron chi connectivity index (χ3n) is 4.55. The van der Waals surface area contributed by atoms with E-state index in [0.717, 1.165) is 16.7 Å². The highest BCUT2D eigenvalue weighted by molar-refractivity contribution is 6.13. The van der Waals surface area contributed by atoms with E-state index in [1.54, 1.807) is 30.3 Å². The van der Waals surface area contributed by atoms with Crippen molar-refractivity contribution in [2.24, 2.45) is 4.99 Å². The Hall–Kier alpha value is -3.99. The largest absolute Gasteiger partial charge is 0.426 e. The lowest BCUT2D eigenvalue weighted by molar-refractivity contribution is -0.133. The van der Waals surface area contributed by atoms with Gasteiger partial charge in [-0.05, 0) is 36.8 Å². The topological polar surface area (TPSA) is 65.0 Å². The minimum atomic E-state index is -0.545. The van der Waals surface area contributed by atoms with Gasteiger partial charge in [-0.3, -0.25) is 4.79 Å². The molecule has 0 radical (unpaired) electrons. The first kappa shape index (κ1) is 19.3. The van der Waals surface area contributed by atoms with Gasteiger partial charge in [0.1, 0.15) is 5.75 Å². The number of esters is 2. The van der Waals surface area contributed by atoms with E-state index in [0.29, 0.717) is 11.3 Å². The summed E-state index contributed by atoms with van der Waals surface area (Å²) in [5, 5.41) is 0. The summed E-state index contributed by atoms with van der Waals surface area (Å²) >= 11 is 0. The number of carbonyl (C=O) groups is 2. The molecule has 0 saturated heterocycles. The second kappa shape index (κ2) is 8.57. The van der Waals surface area contributed by atoms with E-state index < -0.39 is 5.97 Å². The van der Waals surface area contributed by atoms with E-state index in [1.807, 2.05) is 61.5 Å². The fourth-order valence-corrected chi connectivity index (χ4v) is 2.99. The summed E-state index contributed by atoms with van der Waals surface area (Å²) in [5.41, 5.74) is 3.41. The molecule has 5 heteroatoms. The Labute approximate surface area is 174 Å². The zero-order valence-electron chi connectivity index (χ0n) is 16.4. The quantitative estimate of drug-likeness (QED) is 0.362. The first-order chi connectivity index (χ1) is 14.6. The monoisotopic (exact) mass is 397 g/mol. The Kier molecular flexibility index (Phi) is 5.52. The molecular formula is C25H19NO4. The molecule has 1 heterocycles. The van der Waals surface area contributed by atoms with Crippen LogP contribution in [-0.2, 0) is 20.7 Å². The number of aryl methyl sites for hydroxylation is 1. The van der Waals surface area contributed by atoms with Crippen molar-refractivity contribution in [1.29, 1.82) is 0 Å². The lowest BCUT2D eigenvalue weighted by Gasteiger charge is -2.07. The van der Waals surface area contributed by atoms with Gasteiger partial charge < -0.3 is 9.47 Å². The third-order valence-corrected chi connectivity index (χ3v) is 4.55. The number of ether oxygens (including phenoxy) is 2. The summed E-state index contributed by atoms with van der Waals surface area (Å²) in [4.78, 5) is 28.9. The van der Waals surface area contributed by atoms with Crippen molar-refractivity contribution < 1.29 is 19.1 Å². The summed E-state index contributed by atoms with van der Waals surface area (Å²) in [5.74, 6) is -0.316. The van der Waals surface area contributed by atoms with E-state index >= 15 is 0 Å². The molecule has 3 aromatic carbocycles. The molecule has 0 atom stereocenters. The molecule has 1 aliphatic heterocycles. The third kappa shape index (κ3) is 4.52. The maximum atomic E-state index is 12.3. The normalized spacial score (nSPS) is 14.4. The van der Waals surface area contributed by atoms with Crippen molar-refractivity contribution in [3.8, 4) is 5.75 Å². The summed E-state index contributed by atoms with van der Waals surface area (Å²) in [7, 11) is 0. The molecule has 148 valence electrons. The molecule has 3 aromatic rings. The maximum absolute atomic E-state index is 12.3. The molecule has 0 aromatic heterocycles. The van der Waals surface area contributed by atoms with E-state index in [4.69, 9.17) is 9.47 Å².